The third-order valence-corrected chi connectivity index (χ3v) is 3.65. The summed E-state index contributed by atoms with van der Waals surface area (Å²) in [5, 5.41) is 10.8. The Morgan fingerprint density at radius 3 is 2.68 bits per heavy atom. The van der Waals surface area contributed by atoms with Gasteiger partial charge in [-0.05, 0) is 36.4 Å². The van der Waals surface area contributed by atoms with E-state index < -0.39 is 5.82 Å². The van der Waals surface area contributed by atoms with Crippen LogP contribution < -0.4 is 0 Å². The van der Waals surface area contributed by atoms with E-state index in [0.717, 1.165) is 4.47 Å². The Morgan fingerprint density at radius 1 is 1.16 bits per heavy atom. The molecule has 0 atom stereocenters. The smallest absolute Gasteiger partial charge is 0.156 e. The third-order valence-electron chi connectivity index (χ3n) is 2.93. The molecular weight excluding hydrogens is 333 g/mol. The molecule has 2 nitrogen and oxygen atoms in total. The zero-order valence-corrected chi connectivity index (χ0v) is 11.9. The second-order valence-electron chi connectivity index (χ2n) is 4.17. The lowest BCUT2D eigenvalue weighted by Crippen LogP contribution is -1.82. The van der Waals surface area contributed by atoms with Gasteiger partial charge in [-0.25, -0.2) is 4.39 Å². The summed E-state index contributed by atoms with van der Waals surface area (Å²) in [4.78, 5) is 2.96. The van der Waals surface area contributed by atoms with E-state index in [2.05, 4.69) is 20.9 Å². The van der Waals surface area contributed by atoms with Gasteiger partial charge in [0.05, 0.1) is 5.69 Å². The van der Waals surface area contributed by atoms with E-state index in [1.165, 1.54) is 6.07 Å². The first-order chi connectivity index (χ1) is 9.06. The van der Waals surface area contributed by atoms with Crippen molar-refractivity contribution in [2.75, 3.05) is 0 Å². The summed E-state index contributed by atoms with van der Waals surface area (Å²) < 4.78 is 15.1. The first-order valence-electron chi connectivity index (χ1n) is 5.52. The van der Waals surface area contributed by atoms with E-state index in [1.807, 2.05) is 0 Å². The van der Waals surface area contributed by atoms with Gasteiger partial charge in [0.15, 0.2) is 5.82 Å². The van der Waals surface area contributed by atoms with Gasteiger partial charge in [-0.3, -0.25) is 0 Å². The molecule has 0 aliphatic carbocycles. The van der Waals surface area contributed by atoms with Crippen molar-refractivity contribution >= 4 is 38.4 Å². The van der Waals surface area contributed by atoms with Crippen molar-refractivity contribution in [3.8, 4) is 17.0 Å². The molecule has 19 heavy (non-hydrogen) atoms. The van der Waals surface area contributed by atoms with Crippen molar-refractivity contribution in [2.45, 2.75) is 0 Å². The van der Waals surface area contributed by atoms with E-state index in [4.69, 9.17) is 11.6 Å². The van der Waals surface area contributed by atoms with Crippen molar-refractivity contribution < 1.29 is 9.50 Å². The van der Waals surface area contributed by atoms with Crippen LogP contribution in [-0.2, 0) is 0 Å². The maximum atomic E-state index is 14.4. The molecule has 0 aliphatic heterocycles. The molecule has 2 aromatic carbocycles. The lowest BCUT2D eigenvalue weighted by atomic mass is 10.1. The molecule has 0 saturated carbocycles. The van der Waals surface area contributed by atoms with Crippen LogP contribution in [0, 0.1) is 5.82 Å². The molecule has 0 aliphatic rings. The number of nitrogens with one attached hydrogen (secondary N) is 1. The molecule has 5 heteroatoms. The van der Waals surface area contributed by atoms with Crippen LogP contribution in [0.3, 0.4) is 0 Å². The number of aromatic nitrogens is 1. The number of phenolic OH excluding ortho intramolecular Hbond substituents is 1. The highest BCUT2D eigenvalue weighted by Gasteiger charge is 2.16. The minimum Gasteiger partial charge on any atom is -0.507 e. The Kier molecular flexibility index (Phi) is 2.99. The Bertz CT molecular complexity index is 784. The molecular formula is C14H8BrClFNO. The molecule has 2 N–H and O–H groups in total. The quantitative estimate of drug-likeness (QED) is 0.635. The van der Waals surface area contributed by atoms with Crippen molar-refractivity contribution in [2.24, 2.45) is 0 Å². The van der Waals surface area contributed by atoms with Crippen LogP contribution in [0.5, 0.6) is 5.75 Å². The predicted molar refractivity (Wildman–Crippen MR) is 78.1 cm³/mol. The van der Waals surface area contributed by atoms with E-state index in [-0.39, 0.29) is 11.4 Å². The molecule has 96 valence electrons. The van der Waals surface area contributed by atoms with Crippen LogP contribution in [0.25, 0.3) is 22.2 Å². The monoisotopic (exact) mass is 339 g/mol. The van der Waals surface area contributed by atoms with Gasteiger partial charge >= 0.3 is 0 Å². The number of fused-ring (bicyclic) bond motifs is 1. The van der Waals surface area contributed by atoms with Crippen molar-refractivity contribution in [1.29, 1.82) is 0 Å². The molecule has 0 amide bonds. The fourth-order valence-electron chi connectivity index (χ4n) is 2.03. The number of halogens is 3. The minimum atomic E-state index is -0.421. The van der Waals surface area contributed by atoms with Gasteiger partial charge in [0, 0.05) is 26.0 Å². The topological polar surface area (TPSA) is 36.0 Å². The molecule has 1 heterocycles. The summed E-state index contributed by atoms with van der Waals surface area (Å²) >= 11 is 9.11. The van der Waals surface area contributed by atoms with Crippen molar-refractivity contribution in [3.63, 3.8) is 0 Å². The SMILES string of the molecule is Oc1cc(Br)ccc1-c1[nH]c2ccc(Cl)cc2c1F. The van der Waals surface area contributed by atoms with Gasteiger partial charge in [0.2, 0.25) is 0 Å². The first kappa shape index (κ1) is 12.5. The molecule has 0 unspecified atom stereocenters. The van der Waals surface area contributed by atoms with E-state index >= 15 is 0 Å². The maximum Gasteiger partial charge on any atom is 0.156 e. The van der Waals surface area contributed by atoms with Gasteiger partial charge in [0.25, 0.3) is 0 Å². The van der Waals surface area contributed by atoms with E-state index in [1.54, 1.807) is 30.3 Å². The molecule has 0 spiro atoms. The highest BCUT2D eigenvalue weighted by atomic mass is 79.9. The maximum absolute atomic E-state index is 14.4. The molecule has 3 rings (SSSR count). The van der Waals surface area contributed by atoms with Crippen LogP contribution in [0.2, 0.25) is 5.02 Å². The lowest BCUT2D eigenvalue weighted by molar-refractivity contribution is 0.476. The highest BCUT2D eigenvalue weighted by molar-refractivity contribution is 9.10. The third kappa shape index (κ3) is 2.11. The Balaban J connectivity index is 2.28. The van der Waals surface area contributed by atoms with Crippen LogP contribution in [0.15, 0.2) is 40.9 Å². The number of hydrogen-bond donors (Lipinski definition) is 2. The normalized spacial score (nSPS) is 11.1. The first-order valence-corrected chi connectivity index (χ1v) is 6.69. The number of phenols is 1. The van der Waals surface area contributed by atoms with Crippen LogP contribution in [0.1, 0.15) is 0 Å². The number of H-pyrrole nitrogens is 1. The lowest BCUT2D eigenvalue weighted by Gasteiger charge is -2.03. The zero-order chi connectivity index (χ0) is 13.6. The molecule has 1 aromatic heterocycles. The average molecular weight is 341 g/mol. The van der Waals surface area contributed by atoms with E-state index in [9.17, 15) is 9.50 Å². The highest BCUT2D eigenvalue weighted by Crippen LogP contribution is 2.36. The Labute approximate surface area is 122 Å². The Hall–Kier alpha value is -1.52. The molecule has 0 bridgehead atoms. The van der Waals surface area contributed by atoms with Gasteiger partial charge in [-0.2, -0.15) is 0 Å². The van der Waals surface area contributed by atoms with Crippen LogP contribution in [-0.4, -0.2) is 10.1 Å². The second-order valence-corrected chi connectivity index (χ2v) is 5.52. The summed E-state index contributed by atoms with van der Waals surface area (Å²) in [6.07, 6.45) is 0. The average Bonchev–Trinajstić information content (AvgIpc) is 2.67. The fraction of sp³-hybridized carbons (Fsp3) is 0. The van der Waals surface area contributed by atoms with Crippen LogP contribution in [0.4, 0.5) is 4.39 Å². The van der Waals surface area contributed by atoms with Gasteiger partial charge in [-0.1, -0.05) is 27.5 Å². The summed E-state index contributed by atoms with van der Waals surface area (Å²) in [7, 11) is 0. The number of benzene rings is 2. The molecule has 0 fully saturated rings. The number of hydrogen-bond acceptors (Lipinski definition) is 1. The van der Waals surface area contributed by atoms with Crippen LogP contribution >= 0.6 is 27.5 Å². The summed E-state index contributed by atoms with van der Waals surface area (Å²) in [6, 6.07) is 9.86. The number of rotatable bonds is 1. The number of aromatic hydroxyl groups is 1. The minimum absolute atomic E-state index is 0.00549. The largest absolute Gasteiger partial charge is 0.507 e. The van der Waals surface area contributed by atoms with E-state index in [0.29, 0.717) is 21.5 Å². The van der Waals surface area contributed by atoms with Gasteiger partial charge in [-0.15, -0.1) is 0 Å². The summed E-state index contributed by atoms with van der Waals surface area (Å²) in [5.41, 5.74) is 1.30. The summed E-state index contributed by atoms with van der Waals surface area (Å²) in [6.45, 7) is 0. The van der Waals surface area contributed by atoms with Gasteiger partial charge < -0.3 is 10.1 Å². The van der Waals surface area contributed by atoms with Crippen molar-refractivity contribution in [3.05, 3.63) is 51.7 Å². The second kappa shape index (κ2) is 4.54. The van der Waals surface area contributed by atoms with Gasteiger partial charge in [0.1, 0.15) is 5.75 Å². The molecule has 3 aromatic rings. The van der Waals surface area contributed by atoms with Crippen molar-refractivity contribution in [1.82, 2.24) is 4.98 Å². The zero-order valence-electron chi connectivity index (χ0n) is 9.55. The Morgan fingerprint density at radius 2 is 1.95 bits per heavy atom. The number of aromatic amines is 1. The standard InChI is InChI=1S/C14H8BrClFNO/c15-7-1-3-9(12(19)5-7)14-13(17)10-6-8(16)2-4-11(10)18-14/h1-6,18-19H. The summed E-state index contributed by atoms with van der Waals surface area (Å²) in [5.74, 6) is -0.416. The predicted octanol–water partition coefficient (Wildman–Crippen LogP) is 5.10. The molecule has 0 saturated heterocycles. The molecule has 0 radical (unpaired) electrons. The fourth-order valence-corrected chi connectivity index (χ4v) is 2.55.